The number of imidazole rings is 1. The molecule has 1 heterocycles. The molecule has 3 aromatic carbocycles. The van der Waals surface area contributed by atoms with Crippen LogP contribution >= 0.6 is 11.8 Å². The van der Waals surface area contributed by atoms with E-state index in [1.807, 2.05) is 30.3 Å². The fourth-order valence-corrected chi connectivity index (χ4v) is 4.18. The third-order valence-electron chi connectivity index (χ3n) is 5.20. The molecule has 4 aromatic rings. The molecular formula is C26H26N4OS. The van der Waals surface area contributed by atoms with Gasteiger partial charge in [-0.05, 0) is 42.2 Å². The summed E-state index contributed by atoms with van der Waals surface area (Å²) in [5, 5.41) is 4.91. The van der Waals surface area contributed by atoms with E-state index in [1.165, 1.54) is 28.5 Å². The lowest BCUT2D eigenvalue weighted by Gasteiger charge is -2.09. The first kappa shape index (κ1) is 21.8. The second kappa shape index (κ2) is 10.3. The van der Waals surface area contributed by atoms with Gasteiger partial charge in [-0.15, -0.1) is 0 Å². The van der Waals surface area contributed by atoms with Crippen molar-refractivity contribution in [3.63, 3.8) is 0 Å². The standard InChI is InChI=1S/C26H26N4OS/c1-3-20-12-14-21(15-13-20)16-27-29-25(31)18-32-26-28-23-6-4-5-7-24(23)30(26)17-22-10-8-19(2)9-11-22/h4-16H,3,17-18H2,1-2H3,(H,29,31)/b27-16+. The van der Waals surface area contributed by atoms with Gasteiger partial charge in [0.2, 0.25) is 0 Å². The summed E-state index contributed by atoms with van der Waals surface area (Å²) in [5.41, 5.74) is 9.26. The van der Waals surface area contributed by atoms with E-state index in [9.17, 15) is 4.79 Å². The number of hydrogen-bond donors (Lipinski definition) is 1. The highest BCUT2D eigenvalue weighted by atomic mass is 32.2. The van der Waals surface area contributed by atoms with E-state index in [-0.39, 0.29) is 11.7 Å². The van der Waals surface area contributed by atoms with Crippen molar-refractivity contribution < 1.29 is 4.79 Å². The third-order valence-corrected chi connectivity index (χ3v) is 6.18. The average molecular weight is 443 g/mol. The van der Waals surface area contributed by atoms with E-state index in [4.69, 9.17) is 4.98 Å². The van der Waals surface area contributed by atoms with Crippen molar-refractivity contribution >= 4 is 34.9 Å². The van der Waals surface area contributed by atoms with Crippen LogP contribution in [0, 0.1) is 6.92 Å². The molecule has 0 bridgehead atoms. The molecule has 0 radical (unpaired) electrons. The molecule has 5 nitrogen and oxygen atoms in total. The summed E-state index contributed by atoms with van der Waals surface area (Å²) in [6, 6.07) is 24.7. The van der Waals surface area contributed by atoms with E-state index in [0.717, 1.165) is 28.2 Å². The Morgan fingerprint density at radius 3 is 2.50 bits per heavy atom. The number of thioether (sulfide) groups is 1. The van der Waals surface area contributed by atoms with Crippen molar-refractivity contribution in [1.82, 2.24) is 15.0 Å². The second-order valence-electron chi connectivity index (χ2n) is 7.63. The summed E-state index contributed by atoms with van der Waals surface area (Å²) in [6.07, 6.45) is 2.66. The first-order valence-corrected chi connectivity index (χ1v) is 11.7. The van der Waals surface area contributed by atoms with Crippen LogP contribution in [0.2, 0.25) is 0 Å². The van der Waals surface area contributed by atoms with E-state index < -0.39 is 0 Å². The number of hydrogen-bond acceptors (Lipinski definition) is 4. The molecule has 6 heteroatoms. The Morgan fingerprint density at radius 2 is 1.75 bits per heavy atom. The quantitative estimate of drug-likeness (QED) is 0.232. The van der Waals surface area contributed by atoms with Crippen molar-refractivity contribution in [2.24, 2.45) is 5.10 Å². The Bertz CT molecular complexity index is 1230. The molecule has 1 amide bonds. The smallest absolute Gasteiger partial charge is 0.250 e. The molecule has 162 valence electrons. The molecule has 0 saturated carbocycles. The van der Waals surface area contributed by atoms with Crippen molar-refractivity contribution in [3.8, 4) is 0 Å². The highest BCUT2D eigenvalue weighted by Crippen LogP contribution is 2.25. The van der Waals surface area contributed by atoms with Crippen molar-refractivity contribution in [2.45, 2.75) is 32.0 Å². The SMILES string of the molecule is CCc1ccc(/C=N/NC(=O)CSc2nc3ccccc3n2Cc2ccc(C)cc2)cc1. The molecule has 4 rings (SSSR count). The van der Waals surface area contributed by atoms with Crippen LogP contribution < -0.4 is 5.43 Å². The van der Waals surface area contributed by atoms with Gasteiger partial charge in [0.15, 0.2) is 5.16 Å². The van der Waals surface area contributed by atoms with Crippen LogP contribution in [0.1, 0.15) is 29.2 Å². The molecule has 32 heavy (non-hydrogen) atoms. The Morgan fingerprint density at radius 1 is 1.03 bits per heavy atom. The minimum atomic E-state index is -0.162. The normalized spacial score (nSPS) is 11.3. The highest BCUT2D eigenvalue weighted by molar-refractivity contribution is 7.99. The van der Waals surface area contributed by atoms with Gasteiger partial charge in [0.25, 0.3) is 5.91 Å². The van der Waals surface area contributed by atoms with E-state index in [1.54, 1.807) is 6.21 Å². The maximum Gasteiger partial charge on any atom is 0.250 e. The zero-order valence-electron chi connectivity index (χ0n) is 18.3. The lowest BCUT2D eigenvalue weighted by atomic mass is 10.1. The maximum absolute atomic E-state index is 12.3. The number of aryl methyl sites for hydroxylation is 2. The molecule has 0 aliphatic rings. The number of hydrazone groups is 1. The fourth-order valence-electron chi connectivity index (χ4n) is 3.37. The fraction of sp³-hybridized carbons (Fsp3) is 0.192. The Labute approximate surface area is 192 Å². The molecule has 0 saturated heterocycles. The molecule has 1 N–H and O–H groups in total. The molecular weight excluding hydrogens is 416 g/mol. The van der Waals surface area contributed by atoms with Gasteiger partial charge >= 0.3 is 0 Å². The molecule has 0 atom stereocenters. The first-order valence-electron chi connectivity index (χ1n) is 10.7. The van der Waals surface area contributed by atoms with Gasteiger partial charge in [0.05, 0.1) is 29.5 Å². The van der Waals surface area contributed by atoms with Crippen LogP contribution in [-0.4, -0.2) is 27.4 Å². The number of rotatable bonds is 8. The second-order valence-corrected chi connectivity index (χ2v) is 8.57. The van der Waals surface area contributed by atoms with Crippen molar-refractivity contribution in [1.29, 1.82) is 0 Å². The number of benzene rings is 3. The molecule has 0 aliphatic heterocycles. The van der Waals surface area contributed by atoms with E-state index in [0.29, 0.717) is 6.54 Å². The molecule has 0 spiro atoms. The summed E-state index contributed by atoms with van der Waals surface area (Å²) >= 11 is 1.42. The third kappa shape index (κ3) is 5.45. The Kier molecular flexibility index (Phi) is 7.02. The van der Waals surface area contributed by atoms with Crippen LogP contribution in [0.5, 0.6) is 0 Å². The number of para-hydroxylation sites is 2. The summed E-state index contributed by atoms with van der Waals surface area (Å²) < 4.78 is 2.16. The van der Waals surface area contributed by atoms with Crippen LogP contribution in [0.3, 0.4) is 0 Å². The number of nitrogens with one attached hydrogen (secondary N) is 1. The van der Waals surface area contributed by atoms with Crippen LogP contribution in [0.15, 0.2) is 83.1 Å². The maximum atomic E-state index is 12.3. The molecule has 0 unspecified atom stereocenters. The summed E-state index contributed by atoms with van der Waals surface area (Å²) in [7, 11) is 0. The lowest BCUT2D eigenvalue weighted by Crippen LogP contribution is -2.20. The number of fused-ring (bicyclic) bond motifs is 1. The highest BCUT2D eigenvalue weighted by Gasteiger charge is 2.13. The zero-order valence-corrected chi connectivity index (χ0v) is 19.1. The number of carbonyl (C=O) groups is 1. The topological polar surface area (TPSA) is 59.3 Å². The van der Waals surface area contributed by atoms with Crippen molar-refractivity contribution in [2.75, 3.05) is 5.75 Å². The van der Waals surface area contributed by atoms with Crippen LogP contribution in [0.4, 0.5) is 0 Å². The minimum absolute atomic E-state index is 0.162. The van der Waals surface area contributed by atoms with Gasteiger partial charge in [-0.3, -0.25) is 4.79 Å². The van der Waals surface area contributed by atoms with Crippen LogP contribution in [0.25, 0.3) is 11.0 Å². The van der Waals surface area contributed by atoms with E-state index >= 15 is 0 Å². The average Bonchev–Trinajstić information content (AvgIpc) is 3.17. The van der Waals surface area contributed by atoms with Gasteiger partial charge in [-0.1, -0.05) is 84.9 Å². The van der Waals surface area contributed by atoms with Gasteiger partial charge in [0.1, 0.15) is 0 Å². The zero-order chi connectivity index (χ0) is 22.3. The number of carbonyl (C=O) groups excluding carboxylic acids is 1. The van der Waals surface area contributed by atoms with Gasteiger partial charge in [-0.25, -0.2) is 10.4 Å². The molecule has 1 aromatic heterocycles. The summed E-state index contributed by atoms with van der Waals surface area (Å²) in [5.74, 6) is 0.0777. The number of amides is 1. The van der Waals surface area contributed by atoms with Gasteiger partial charge in [0, 0.05) is 0 Å². The van der Waals surface area contributed by atoms with Gasteiger partial charge in [-0.2, -0.15) is 5.10 Å². The molecule has 0 fully saturated rings. The van der Waals surface area contributed by atoms with Crippen LogP contribution in [-0.2, 0) is 17.8 Å². The predicted octanol–water partition coefficient (Wildman–Crippen LogP) is 5.20. The monoisotopic (exact) mass is 442 g/mol. The van der Waals surface area contributed by atoms with Gasteiger partial charge < -0.3 is 4.57 Å². The molecule has 0 aliphatic carbocycles. The number of nitrogens with zero attached hydrogens (tertiary/aromatic N) is 3. The summed E-state index contributed by atoms with van der Waals surface area (Å²) in [6.45, 7) is 4.91. The minimum Gasteiger partial charge on any atom is -0.314 e. The Hall–Kier alpha value is -3.38. The predicted molar refractivity (Wildman–Crippen MR) is 132 cm³/mol. The largest absolute Gasteiger partial charge is 0.314 e. The first-order chi connectivity index (χ1) is 15.6. The van der Waals surface area contributed by atoms with Crippen molar-refractivity contribution in [3.05, 3.63) is 95.1 Å². The summed E-state index contributed by atoms with van der Waals surface area (Å²) in [4.78, 5) is 17.1. The lowest BCUT2D eigenvalue weighted by molar-refractivity contribution is -0.118. The number of aromatic nitrogens is 2. The Balaban J connectivity index is 1.42. The van der Waals surface area contributed by atoms with E-state index in [2.05, 4.69) is 71.4 Å².